The summed E-state index contributed by atoms with van der Waals surface area (Å²) in [7, 11) is -7.42. The molecule has 0 fully saturated rings. The van der Waals surface area contributed by atoms with Crippen LogP contribution < -0.4 is 0 Å². The van der Waals surface area contributed by atoms with E-state index >= 15 is 0 Å². The Labute approximate surface area is 215 Å². The van der Waals surface area contributed by atoms with Crippen LogP contribution in [0.5, 0.6) is 0 Å². The summed E-state index contributed by atoms with van der Waals surface area (Å²) in [5.74, 6) is -14.8. The minimum atomic E-state index is -7.43. The van der Waals surface area contributed by atoms with Gasteiger partial charge in [0.1, 0.15) is 0 Å². The molecule has 14 heteroatoms. The van der Waals surface area contributed by atoms with Crippen molar-refractivity contribution < 1.29 is 72.6 Å². The Morgan fingerprint density at radius 1 is 0.500 bits per heavy atom. The van der Waals surface area contributed by atoms with E-state index in [2.05, 4.69) is 18.2 Å². The van der Waals surface area contributed by atoms with E-state index in [9.17, 15) is 52.5 Å². The van der Waals surface area contributed by atoms with Crippen molar-refractivity contribution in [3.63, 3.8) is 0 Å². The summed E-state index contributed by atoms with van der Waals surface area (Å²) in [6, 6.07) is 37.5. The van der Waals surface area contributed by atoms with Gasteiger partial charge >= 0.3 is 23.3 Å². The van der Waals surface area contributed by atoms with Crippen molar-refractivity contribution in [3.8, 4) is 0 Å². The summed E-state index contributed by atoms with van der Waals surface area (Å²) < 4.78 is 135. The second-order valence-corrected chi connectivity index (χ2v) is 7.27. The van der Waals surface area contributed by atoms with E-state index in [1.54, 1.807) is 0 Å². The van der Waals surface area contributed by atoms with Gasteiger partial charge in [-0.05, 0) is 0 Å². The molecule has 0 saturated heterocycles. The van der Waals surface area contributed by atoms with Gasteiger partial charge in [0.2, 0.25) is 0 Å². The van der Waals surface area contributed by atoms with Gasteiger partial charge in [-0.2, -0.15) is 149 Å². The summed E-state index contributed by atoms with van der Waals surface area (Å²) in [6.45, 7) is 0. The standard InChI is InChI=1S/3C6H5.C4HF9O3S.Ir/c3*1-2-4-6-5-3-1;5-1(6,3(9,10)11)2(7,8)4(12,13)17(14,15)16;/h3*1-5H;(H,14,15,16);/q3*-1;;/p-1. The fraction of sp³-hybridized carbons (Fsp3) is 0.182. The number of hydrogen-bond acceptors (Lipinski definition) is 3. The molecule has 3 nitrogen and oxygen atoms in total. The van der Waals surface area contributed by atoms with Crippen molar-refractivity contribution >= 4 is 10.1 Å². The van der Waals surface area contributed by atoms with Crippen molar-refractivity contribution in [2.75, 3.05) is 0 Å². The first kappa shape index (κ1) is 35.7. The van der Waals surface area contributed by atoms with Crippen molar-refractivity contribution in [2.45, 2.75) is 23.3 Å². The zero-order valence-electron chi connectivity index (χ0n) is 17.5. The van der Waals surface area contributed by atoms with Gasteiger partial charge in [-0.1, -0.05) is 0 Å². The molecule has 0 atom stereocenters. The Morgan fingerprint density at radius 2 is 0.750 bits per heavy atom. The second kappa shape index (κ2) is 15.6. The Morgan fingerprint density at radius 3 is 0.861 bits per heavy atom. The van der Waals surface area contributed by atoms with Gasteiger partial charge in [0, 0.05) is 20.1 Å². The Kier molecular flexibility index (Phi) is 15.5. The van der Waals surface area contributed by atoms with Crippen LogP contribution in [0.1, 0.15) is 0 Å². The van der Waals surface area contributed by atoms with Crippen LogP contribution in [0.25, 0.3) is 0 Å². The van der Waals surface area contributed by atoms with E-state index < -0.39 is 33.4 Å². The number of hydrogen-bond donors (Lipinski definition) is 0. The normalized spacial score (nSPS) is 11.6. The third kappa shape index (κ3) is 11.1. The topological polar surface area (TPSA) is 57.2 Å². The monoisotopic (exact) mass is 723 g/mol. The summed E-state index contributed by atoms with van der Waals surface area (Å²) >= 11 is 0. The summed E-state index contributed by atoms with van der Waals surface area (Å²) in [6.07, 6.45) is -7.16. The first-order valence-electron chi connectivity index (χ1n) is 8.89. The maximum Gasteiger partial charge on any atom is 0.460 e. The largest absolute Gasteiger partial charge is 0.743 e. The van der Waals surface area contributed by atoms with Crippen LogP contribution in [0.3, 0.4) is 0 Å². The van der Waals surface area contributed by atoms with Gasteiger partial charge in [0.25, 0.3) is 0 Å². The van der Waals surface area contributed by atoms with Crippen LogP contribution >= 0.6 is 0 Å². The van der Waals surface area contributed by atoms with Gasteiger partial charge in [-0.15, -0.1) is 0 Å². The molecule has 0 aliphatic carbocycles. The Bertz CT molecular complexity index is 882. The minimum absolute atomic E-state index is 0. The maximum atomic E-state index is 12.2. The Hall–Kier alpha value is -2.41. The van der Waals surface area contributed by atoms with Gasteiger partial charge in [0.15, 0.2) is 10.1 Å². The molecule has 0 spiro atoms. The molecule has 0 aliphatic rings. The molecule has 3 aromatic carbocycles. The second-order valence-electron chi connectivity index (χ2n) is 5.85. The van der Waals surface area contributed by atoms with Gasteiger partial charge in [-0.3, -0.25) is 0 Å². The van der Waals surface area contributed by atoms with Crippen LogP contribution in [0, 0.1) is 18.2 Å². The van der Waals surface area contributed by atoms with Crippen LogP contribution in [0.4, 0.5) is 39.5 Å². The predicted molar refractivity (Wildman–Crippen MR) is 106 cm³/mol. The van der Waals surface area contributed by atoms with E-state index in [0.29, 0.717) is 0 Å². The number of alkyl halides is 9. The van der Waals surface area contributed by atoms with E-state index in [1.165, 1.54) is 0 Å². The van der Waals surface area contributed by atoms with E-state index in [0.717, 1.165) is 0 Å². The molecule has 1 radical (unpaired) electrons. The zero-order valence-corrected chi connectivity index (χ0v) is 20.7. The third-order valence-electron chi connectivity index (χ3n) is 3.25. The molecule has 0 bridgehead atoms. The molecule has 0 saturated carbocycles. The molecule has 0 amide bonds. The molecule has 0 unspecified atom stereocenters. The molecule has 3 aromatic rings. The number of halogens is 9. The van der Waals surface area contributed by atoms with Gasteiger partial charge < -0.3 is 4.55 Å². The summed E-state index contributed by atoms with van der Waals surface area (Å²) in [5, 5.41) is -7.11. The number of benzene rings is 3. The zero-order chi connectivity index (χ0) is 27.2. The molecular weight excluding hydrogens is 708 g/mol. The quantitative estimate of drug-likeness (QED) is 0.178. The molecule has 203 valence electrons. The fourth-order valence-electron chi connectivity index (χ4n) is 1.54. The van der Waals surface area contributed by atoms with Crippen LogP contribution in [-0.4, -0.2) is 36.2 Å². The van der Waals surface area contributed by atoms with Crippen LogP contribution in [-0.2, 0) is 30.2 Å². The van der Waals surface area contributed by atoms with E-state index in [-0.39, 0.29) is 20.1 Å². The first-order chi connectivity index (χ1) is 16.0. The van der Waals surface area contributed by atoms with Crippen molar-refractivity contribution in [3.05, 3.63) is 109 Å². The molecule has 0 heterocycles. The summed E-state index contributed by atoms with van der Waals surface area (Å²) in [5.41, 5.74) is 0. The predicted octanol–water partition coefficient (Wildman–Crippen LogP) is 6.42. The SMILES string of the molecule is O=S(=O)([O-])C(F)(F)C(F)(F)C(F)(F)C(F)(F)F.[Ir].[c-]1ccccc1.[c-]1ccccc1.[c-]1ccccc1. The number of rotatable bonds is 3. The molecule has 0 N–H and O–H groups in total. The van der Waals surface area contributed by atoms with Gasteiger partial charge in [-0.25, -0.2) is 8.42 Å². The van der Waals surface area contributed by atoms with Crippen LogP contribution in [0.2, 0.25) is 0 Å². The maximum absolute atomic E-state index is 12.2. The van der Waals surface area contributed by atoms with E-state index in [4.69, 9.17) is 0 Å². The van der Waals surface area contributed by atoms with Crippen molar-refractivity contribution in [1.82, 2.24) is 0 Å². The average Bonchev–Trinajstić information content (AvgIpc) is 2.82. The fourth-order valence-corrected chi connectivity index (χ4v) is 1.99. The minimum Gasteiger partial charge on any atom is -0.743 e. The molecular formula is C22H15F9IrO3S-4. The molecule has 0 aliphatic heterocycles. The molecule has 36 heavy (non-hydrogen) atoms. The molecule has 3 rings (SSSR count). The van der Waals surface area contributed by atoms with Crippen LogP contribution in [0.15, 0.2) is 91.0 Å². The average molecular weight is 723 g/mol. The van der Waals surface area contributed by atoms with Crippen molar-refractivity contribution in [1.29, 1.82) is 0 Å². The first-order valence-corrected chi connectivity index (χ1v) is 10.3. The molecule has 0 aromatic heterocycles. The van der Waals surface area contributed by atoms with Crippen molar-refractivity contribution in [2.24, 2.45) is 0 Å². The van der Waals surface area contributed by atoms with E-state index in [1.807, 2.05) is 91.0 Å². The Balaban J connectivity index is 0. The third-order valence-corrected chi connectivity index (χ3v) is 4.14. The smallest absolute Gasteiger partial charge is 0.460 e. The summed E-state index contributed by atoms with van der Waals surface area (Å²) in [4.78, 5) is 0. The van der Waals surface area contributed by atoms with Gasteiger partial charge in [0.05, 0.1) is 0 Å².